The van der Waals surface area contributed by atoms with Gasteiger partial charge in [-0.05, 0) is 6.92 Å². The van der Waals surface area contributed by atoms with Crippen molar-refractivity contribution in [2.45, 2.75) is 13.0 Å². The predicted octanol–water partition coefficient (Wildman–Crippen LogP) is -1.81. The Kier molecular flexibility index (Phi) is 5.37. The van der Waals surface area contributed by atoms with E-state index in [1.54, 1.807) is 4.90 Å². The van der Waals surface area contributed by atoms with Crippen LogP contribution in [0.2, 0.25) is 0 Å². The molecular formula is C10H18N4O4. The van der Waals surface area contributed by atoms with Crippen molar-refractivity contribution in [3.05, 3.63) is 0 Å². The molecule has 1 saturated heterocycles. The number of aliphatic carboxylic acids is 1. The van der Waals surface area contributed by atoms with Gasteiger partial charge >= 0.3 is 12.0 Å². The number of carbonyl (C=O) groups is 3. The summed E-state index contributed by atoms with van der Waals surface area (Å²) in [5.41, 5.74) is 0. The predicted molar refractivity (Wildman–Crippen MR) is 63.1 cm³/mol. The van der Waals surface area contributed by atoms with E-state index in [4.69, 9.17) is 5.11 Å². The average molecular weight is 258 g/mol. The Labute approximate surface area is 105 Å². The fraction of sp³-hybridized carbons (Fsp3) is 0.700. The number of nitrogens with one attached hydrogen (secondary N) is 3. The first-order valence-corrected chi connectivity index (χ1v) is 5.76. The molecule has 4 N–H and O–H groups in total. The van der Waals surface area contributed by atoms with Crippen molar-refractivity contribution in [2.75, 3.05) is 32.7 Å². The molecule has 1 fully saturated rings. The number of hydrogen-bond acceptors (Lipinski definition) is 4. The molecule has 0 aromatic rings. The zero-order valence-electron chi connectivity index (χ0n) is 10.2. The van der Waals surface area contributed by atoms with Crippen LogP contribution in [0.3, 0.4) is 0 Å². The van der Waals surface area contributed by atoms with E-state index in [0.29, 0.717) is 13.1 Å². The van der Waals surface area contributed by atoms with Crippen LogP contribution in [0, 0.1) is 0 Å². The first-order valence-electron chi connectivity index (χ1n) is 5.76. The summed E-state index contributed by atoms with van der Waals surface area (Å²) >= 11 is 0. The van der Waals surface area contributed by atoms with E-state index < -0.39 is 18.0 Å². The van der Waals surface area contributed by atoms with Gasteiger partial charge in [0.05, 0.1) is 6.54 Å². The third kappa shape index (κ3) is 4.58. The van der Waals surface area contributed by atoms with E-state index in [9.17, 15) is 14.4 Å². The summed E-state index contributed by atoms with van der Waals surface area (Å²) in [6, 6.07) is -1.65. The van der Waals surface area contributed by atoms with E-state index in [-0.39, 0.29) is 12.5 Å². The molecule has 0 aliphatic carbocycles. The molecule has 1 rings (SSSR count). The third-order valence-corrected chi connectivity index (χ3v) is 2.59. The Hall–Kier alpha value is -1.83. The minimum absolute atomic E-state index is 0.127. The minimum atomic E-state index is -1.13. The smallest absolute Gasteiger partial charge is 0.325 e. The van der Waals surface area contributed by atoms with Crippen molar-refractivity contribution in [3.8, 4) is 0 Å². The molecule has 0 spiro atoms. The van der Waals surface area contributed by atoms with E-state index in [1.165, 1.54) is 6.92 Å². The second-order valence-electron chi connectivity index (χ2n) is 4.02. The lowest BCUT2D eigenvalue weighted by atomic mass is 10.3. The number of piperazine rings is 1. The lowest BCUT2D eigenvalue weighted by Crippen LogP contribution is -2.51. The fourth-order valence-electron chi connectivity index (χ4n) is 1.49. The van der Waals surface area contributed by atoms with E-state index in [1.807, 2.05) is 0 Å². The molecule has 18 heavy (non-hydrogen) atoms. The van der Waals surface area contributed by atoms with Gasteiger partial charge in [-0.25, -0.2) is 4.79 Å². The van der Waals surface area contributed by atoms with Crippen molar-refractivity contribution in [1.82, 2.24) is 20.9 Å². The van der Waals surface area contributed by atoms with Crippen LogP contribution in [0.25, 0.3) is 0 Å². The summed E-state index contributed by atoms with van der Waals surface area (Å²) in [5, 5.41) is 16.2. The van der Waals surface area contributed by atoms with Crippen molar-refractivity contribution >= 4 is 17.9 Å². The van der Waals surface area contributed by atoms with Crippen molar-refractivity contribution in [1.29, 1.82) is 0 Å². The molecule has 102 valence electrons. The molecule has 3 amide bonds. The highest BCUT2D eigenvalue weighted by atomic mass is 16.4. The summed E-state index contributed by atoms with van der Waals surface area (Å²) < 4.78 is 0. The maximum Gasteiger partial charge on any atom is 0.325 e. The standard InChI is InChI=1S/C10H18N4O4/c1-7(9(16)17)13-10(18)12-6-8(15)14-4-2-11-3-5-14/h7,11H,2-6H2,1H3,(H,16,17)(H2,12,13,18)/t7-/m1/s1. The fourth-order valence-corrected chi connectivity index (χ4v) is 1.49. The second-order valence-corrected chi connectivity index (χ2v) is 4.02. The van der Waals surface area contributed by atoms with Crippen LogP contribution in [0.15, 0.2) is 0 Å². The molecule has 0 aromatic heterocycles. The highest BCUT2D eigenvalue weighted by Crippen LogP contribution is 1.92. The van der Waals surface area contributed by atoms with Gasteiger partial charge in [-0.15, -0.1) is 0 Å². The largest absolute Gasteiger partial charge is 0.480 e. The van der Waals surface area contributed by atoms with Crippen LogP contribution in [0.1, 0.15) is 6.92 Å². The Balaban J connectivity index is 2.25. The Morgan fingerprint density at radius 3 is 2.50 bits per heavy atom. The van der Waals surface area contributed by atoms with Gasteiger partial charge in [-0.2, -0.15) is 0 Å². The number of carbonyl (C=O) groups excluding carboxylic acids is 2. The Morgan fingerprint density at radius 1 is 1.33 bits per heavy atom. The summed E-state index contributed by atoms with van der Waals surface area (Å²) in [4.78, 5) is 35.1. The van der Waals surface area contributed by atoms with E-state index in [0.717, 1.165) is 13.1 Å². The van der Waals surface area contributed by atoms with E-state index >= 15 is 0 Å². The number of carboxylic acid groups (broad SMARTS) is 1. The number of nitrogens with zero attached hydrogens (tertiary/aromatic N) is 1. The summed E-state index contributed by atoms with van der Waals surface area (Å²) in [6.45, 7) is 3.95. The van der Waals surface area contributed by atoms with Crippen molar-refractivity contribution in [3.63, 3.8) is 0 Å². The molecule has 1 heterocycles. The average Bonchev–Trinajstić information content (AvgIpc) is 2.36. The van der Waals surface area contributed by atoms with Crippen LogP contribution in [0.4, 0.5) is 4.79 Å². The maximum absolute atomic E-state index is 11.7. The molecule has 1 atom stereocenters. The van der Waals surface area contributed by atoms with Crippen molar-refractivity contribution in [2.24, 2.45) is 0 Å². The minimum Gasteiger partial charge on any atom is -0.480 e. The number of hydrogen-bond donors (Lipinski definition) is 4. The molecule has 0 radical (unpaired) electrons. The molecule has 0 saturated carbocycles. The van der Waals surface area contributed by atoms with Gasteiger partial charge in [0.25, 0.3) is 0 Å². The SMILES string of the molecule is C[C@@H](NC(=O)NCC(=O)N1CCNCC1)C(=O)O. The second kappa shape index (κ2) is 6.80. The number of carboxylic acids is 1. The quantitative estimate of drug-likeness (QED) is 0.475. The van der Waals surface area contributed by atoms with Crippen molar-refractivity contribution < 1.29 is 19.5 Å². The van der Waals surface area contributed by atoms with Gasteiger partial charge < -0.3 is 26.0 Å². The number of rotatable bonds is 4. The summed E-state index contributed by atoms with van der Waals surface area (Å²) in [6.07, 6.45) is 0. The lowest BCUT2D eigenvalue weighted by molar-refractivity contribution is -0.138. The normalized spacial score (nSPS) is 16.8. The van der Waals surface area contributed by atoms with Crippen LogP contribution in [-0.2, 0) is 9.59 Å². The molecule has 8 nitrogen and oxygen atoms in total. The van der Waals surface area contributed by atoms with Crippen LogP contribution < -0.4 is 16.0 Å². The highest BCUT2D eigenvalue weighted by Gasteiger charge is 2.18. The topological polar surface area (TPSA) is 111 Å². The van der Waals surface area contributed by atoms with Gasteiger partial charge in [0.2, 0.25) is 5.91 Å². The lowest BCUT2D eigenvalue weighted by Gasteiger charge is -2.27. The molecule has 0 unspecified atom stereocenters. The Bertz CT molecular complexity index is 328. The first-order chi connectivity index (χ1) is 8.50. The molecule has 0 bridgehead atoms. The number of amides is 3. The van der Waals surface area contributed by atoms with Gasteiger partial charge in [-0.1, -0.05) is 0 Å². The van der Waals surface area contributed by atoms with E-state index in [2.05, 4.69) is 16.0 Å². The summed E-state index contributed by atoms with van der Waals surface area (Å²) in [5.74, 6) is -1.30. The van der Waals surface area contributed by atoms with Gasteiger partial charge in [0, 0.05) is 26.2 Å². The summed E-state index contributed by atoms with van der Waals surface area (Å²) in [7, 11) is 0. The zero-order chi connectivity index (χ0) is 13.5. The molecular weight excluding hydrogens is 240 g/mol. The van der Waals surface area contributed by atoms with Gasteiger partial charge in [-0.3, -0.25) is 9.59 Å². The first kappa shape index (κ1) is 14.2. The highest BCUT2D eigenvalue weighted by molar-refractivity contribution is 5.86. The molecule has 1 aliphatic rings. The maximum atomic E-state index is 11.7. The Morgan fingerprint density at radius 2 is 1.94 bits per heavy atom. The van der Waals surface area contributed by atoms with Crippen LogP contribution >= 0.6 is 0 Å². The number of urea groups is 1. The van der Waals surface area contributed by atoms with Crippen LogP contribution in [0.5, 0.6) is 0 Å². The molecule has 0 aromatic carbocycles. The molecule has 1 aliphatic heterocycles. The monoisotopic (exact) mass is 258 g/mol. The zero-order valence-corrected chi connectivity index (χ0v) is 10.2. The third-order valence-electron chi connectivity index (χ3n) is 2.59. The van der Waals surface area contributed by atoms with Gasteiger partial charge in [0.1, 0.15) is 6.04 Å². The molecule has 8 heteroatoms. The van der Waals surface area contributed by atoms with Gasteiger partial charge in [0.15, 0.2) is 0 Å². The van der Waals surface area contributed by atoms with Crippen LogP contribution in [-0.4, -0.2) is 66.7 Å².